The molecule has 1 saturated heterocycles. The number of hydrogen-bond donors (Lipinski definition) is 0. The first-order valence-electron chi connectivity index (χ1n) is 11.8. The largest absolute Gasteiger partial charge is 0.448 e. The van der Waals surface area contributed by atoms with Gasteiger partial charge in [-0.05, 0) is 43.0 Å². The highest BCUT2D eigenvalue weighted by molar-refractivity contribution is 7.78. The second kappa shape index (κ2) is 11.6. The Hall–Kier alpha value is -2.30. The van der Waals surface area contributed by atoms with Crippen molar-refractivity contribution >= 4 is 17.4 Å². The summed E-state index contributed by atoms with van der Waals surface area (Å²) in [6.45, 7) is 8.15. The van der Waals surface area contributed by atoms with Gasteiger partial charge in [-0.3, -0.25) is 4.18 Å². The number of fused-ring (bicyclic) bond motifs is 3. The summed E-state index contributed by atoms with van der Waals surface area (Å²) in [5.74, 6) is -0.0718. The van der Waals surface area contributed by atoms with Gasteiger partial charge >= 0.3 is 6.09 Å². The van der Waals surface area contributed by atoms with Crippen LogP contribution in [-0.2, 0) is 34.4 Å². The van der Waals surface area contributed by atoms with Crippen molar-refractivity contribution in [2.45, 2.75) is 38.3 Å². The molecule has 2 atom stereocenters. The minimum absolute atomic E-state index is 0.0718. The molecule has 1 heterocycles. The van der Waals surface area contributed by atoms with E-state index in [0.717, 1.165) is 26.6 Å². The fourth-order valence-electron chi connectivity index (χ4n) is 4.21. The lowest BCUT2D eigenvalue weighted by atomic mass is 9.98. The van der Waals surface area contributed by atoms with Gasteiger partial charge in [-0.2, -0.15) is 4.31 Å². The van der Waals surface area contributed by atoms with E-state index in [1.165, 1.54) is 0 Å². The van der Waals surface area contributed by atoms with E-state index in [1.54, 1.807) is 0 Å². The summed E-state index contributed by atoms with van der Waals surface area (Å²) in [5, 5.41) is 0. The predicted octanol–water partition coefficient (Wildman–Crippen LogP) is 4.06. The van der Waals surface area contributed by atoms with Gasteiger partial charge in [0.25, 0.3) is 11.3 Å². The number of carbonyl (C=O) groups is 1. The Bertz CT molecular complexity index is 993. The zero-order valence-electron chi connectivity index (χ0n) is 20.4. The molecule has 2 aromatic carbocycles. The first kappa shape index (κ1) is 25.8. The van der Waals surface area contributed by atoms with E-state index in [4.69, 9.17) is 23.1 Å². The molecule has 1 aliphatic carbocycles. The number of carbonyl (C=O) groups excluding carboxylic acids is 1. The molecule has 1 aliphatic heterocycles. The number of nitrogens with zero attached hydrogens (tertiary/aromatic N) is 1. The van der Waals surface area contributed by atoms with Crippen molar-refractivity contribution in [3.05, 3.63) is 59.7 Å². The Morgan fingerprint density at radius 2 is 1.54 bits per heavy atom. The second-order valence-electron chi connectivity index (χ2n) is 9.43. The highest BCUT2D eigenvalue weighted by Gasteiger charge is 2.39. The molecule has 2 aliphatic rings. The van der Waals surface area contributed by atoms with Crippen LogP contribution in [0.4, 0.5) is 4.79 Å². The van der Waals surface area contributed by atoms with E-state index in [-0.39, 0.29) is 31.3 Å². The van der Waals surface area contributed by atoms with Crippen LogP contribution >= 0.6 is 0 Å². The highest BCUT2D eigenvalue weighted by Crippen LogP contribution is 2.44. The monoisotopic (exact) mass is 503 g/mol. The van der Waals surface area contributed by atoms with Crippen LogP contribution in [0.3, 0.4) is 0 Å². The van der Waals surface area contributed by atoms with Gasteiger partial charge in [0.15, 0.2) is 0 Å². The van der Waals surface area contributed by atoms with Crippen LogP contribution < -0.4 is 0 Å². The Morgan fingerprint density at radius 1 is 0.943 bits per heavy atom. The van der Waals surface area contributed by atoms with Crippen molar-refractivity contribution in [1.82, 2.24) is 4.31 Å². The lowest BCUT2D eigenvalue weighted by Crippen LogP contribution is -2.40. The quantitative estimate of drug-likeness (QED) is 0.452. The van der Waals surface area contributed by atoms with Crippen LogP contribution in [0.1, 0.15) is 37.8 Å². The Labute approximate surface area is 209 Å². The maximum absolute atomic E-state index is 12.9. The van der Waals surface area contributed by atoms with Crippen molar-refractivity contribution in [2.75, 3.05) is 46.2 Å². The average molecular weight is 504 g/mol. The fourth-order valence-corrected chi connectivity index (χ4v) is 5.14. The predicted molar refractivity (Wildman–Crippen MR) is 132 cm³/mol. The van der Waals surface area contributed by atoms with Gasteiger partial charge < -0.3 is 18.9 Å². The summed E-state index contributed by atoms with van der Waals surface area (Å²) in [6, 6.07) is 15.7. The second-order valence-corrected chi connectivity index (χ2v) is 10.5. The number of ether oxygens (including phenoxy) is 4. The van der Waals surface area contributed by atoms with E-state index in [0.29, 0.717) is 26.4 Å². The van der Waals surface area contributed by atoms with Crippen LogP contribution in [0.25, 0.3) is 11.1 Å². The fraction of sp³-hybridized carbons (Fsp3) is 0.500. The Balaban J connectivity index is 1.25. The molecule has 0 radical (unpaired) electrons. The third kappa shape index (κ3) is 6.48. The minimum atomic E-state index is -1.90. The van der Waals surface area contributed by atoms with E-state index in [9.17, 15) is 9.00 Å². The van der Waals surface area contributed by atoms with Crippen LogP contribution in [0.2, 0.25) is 0 Å². The van der Waals surface area contributed by atoms with E-state index in [2.05, 4.69) is 24.3 Å². The average Bonchev–Trinajstić information content (AvgIpc) is 3.36. The summed E-state index contributed by atoms with van der Waals surface area (Å²) < 4.78 is 41.0. The summed E-state index contributed by atoms with van der Waals surface area (Å²) in [5.41, 5.74) is 4.34. The Kier molecular flexibility index (Phi) is 8.56. The molecule has 0 N–H and O–H groups in total. The molecule has 0 bridgehead atoms. The van der Waals surface area contributed by atoms with Gasteiger partial charge in [0.05, 0.1) is 51.3 Å². The van der Waals surface area contributed by atoms with Gasteiger partial charge in [-0.1, -0.05) is 48.5 Å². The molecule has 4 rings (SSSR count). The van der Waals surface area contributed by atoms with E-state index >= 15 is 0 Å². The lowest BCUT2D eigenvalue weighted by molar-refractivity contribution is -0.0439. The van der Waals surface area contributed by atoms with Gasteiger partial charge in [0.2, 0.25) is 0 Å². The molecule has 0 saturated carbocycles. The van der Waals surface area contributed by atoms with Crippen LogP contribution in [0, 0.1) is 0 Å². The maximum atomic E-state index is 12.9. The molecule has 0 spiro atoms. The van der Waals surface area contributed by atoms with Crippen molar-refractivity contribution in [1.29, 1.82) is 0 Å². The van der Waals surface area contributed by atoms with Crippen LogP contribution in [0.15, 0.2) is 48.5 Å². The molecule has 8 nitrogen and oxygen atoms in total. The smallest absolute Gasteiger partial charge is 0.423 e. The third-order valence-corrected chi connectivity index (χ3v) is 6.92. The van der Waals surface area contributed by atoms with Crippen molar-refractivity contribution in [2.24, 2.45) is 0 Å². The number of rotatable bonds is 10. The van der Waals surface area contributed by atoms with Crippen molar-refractivity contribution in [3.63, 3.8) is 0 Å². The van der Waals surface area contributed by atoms with Crippen molar-refractivity contribution < 1.29 is 32.1 Å². The SMILES string of the molecule is CC(C)(C)OCCOCCOC[C@@H]1COS(=O)N1C(=O)OCC1c2ccccc2-c2ccccc21. The minimum Gasteiger partial charge on any atom is -0.448 e. The summed E-state index contributed by atoms with van der Waals surface area (Å²) in [6.07, 6.45) is -0.674. The first-order valence-corrected chi connectivity index (χ1v) is 12.9. The summed E-state index contributed by atoms with van der Waals surface area (Å²) >= 11 is -1.90. The molecule has 35 heavy (non-hydrogen) atoms. The normalized spacial score (nSPS) is 19.6. The molecule has 1 fully saturated rings. The lowest BCUT2D eigenvalue weighted by Gasteiger charge is -2.21. The molecule has 1 unspecified atom stereocenters. The first-order chi connectivity index (χ1) is 16.8. The molecule has 1 amide bonds. The topological polar surface area (TPSA) is 83.5 Å². The number of benzene rings is 2. The van der Waals surface area contributed by atoms with Gasteiger partial charge in [-0.25, -0.2) is 9.00 Å². The maximum Gasteiger partial charge on any atom is 0.423 e. The standard InChI is InChI=1S/C26H33NO7S/c1-26(2,3)33-15-14-30-12-13-31-16-19-17-34-35(29)27(19)25(28)32-18-24-22-10-6-4-8-20(22)21-9-5-7-11-23(21)24/h4-11,19,24H,12-18H2,1-3H3/t19-,35?/m1/s1. The molecular weight excluding hydrogens is 470 g/mol. The third-order valence-electron chi connectivity index (χ3n) is 5.81. The van der Waals surface area contributed by atoms with E-state index < -0.39 is 23.4 Å². The summed E-state index contributed by atoms with van der Waals surface area (Å²) in [4.78, 5) is 12.9. The molecular formula is C26H33NO7S. The van der Waals surface area contributed by atoms with Gasteiger partial charge in [0.1, 0.15) is 6.61 Å². The molecule has 9 heteroatoms. The van der Waals surface area contributed by atoms with Crippen LogP contribution in [-0.4, -0.2) is 72.5 Å². The molecule has 0 aromatic heterocycles. The van der Waals surface area contributed by atoms with Crippen molar-refractivity contribution in [3.8, 4) is 11.1 Å². The van der Waals surface area contributed by atoms with Gasteiger partial charge in [0, 0.05) is 5.92 Å². The molecule has 2 aromatic rings. The highest BCUT2D eigenvalue weighted by atomic mass is 32.2. The van der Waals surface area contributed by atoms with Gasteiger partial charge in [-0.15, -0.1) is 0 Å². The number of hydrogen-bond acceptors (Lipinski definition) is 7. The van der Waals surface area contributed by atoms with E-state index in [1.807, 2.05) is 45.0 Å². The number of amides is 1. The molecule has 190 valence electrons. The van der Waals surface area contributed by atoms with Crippen LogP contribution in [0.5, 0.6) is 0 Å². The summed E-state index contributed by atoms with van der Waals surface area (Å²) in [7, 11) is 0. The Morgan fingerprint density at radius 3 is 2.20 bits per heavy atom. The zero-order chi connectivity index (χ0) is 24.8. The zero-order valence-corrected chi connectivity index (χ0v) is 21.3.